The zero-order chi connectivity index (χ0) is 25.7. The lowest BCUT2D eigenvalue weighted by Crippen LogP contribution is -2.53. The zero-order valence-corrected chi connectivity index (χ0v) is 20.6. The van der Waals surface area contributed by atoms with E-state index in [9.17, 15) is 14.0 Å². The molecule has 4 heterocycles. The van der Waals surface area contributed by atoms with Crippen molar-refractivity contribution in [2.24, 2.45) is 0 Å². The monoisotopic (exact) mass is 527 g/mol. The van der Waals surface area contributed by atoms with Gasteiger partial charge in [0.15, 0.2) is 11.4 Å². The van der Waals surface area contributed by atoms with Gasteiger partial charge >= 0.3 is 6.09 Å². The largest absolute Gasteiger partial charge is 0.436 e. The molecule has 3 aliphatic rings. The van der Waals surface area contributed by atoms with E-state index in [1.807, 2.05) is 11.0 Å². The summed E-state index contributed by atoms with van der Waals surface area (Å²) >= 11 is 6.04. The quantitative estimate of drug-likeness (QED) is 0.529. The van der Waals surface area contributed by atoms with Gasteiger partial charge in [-0.15, -0.1) is 0 Å². The minimum atomic E-state index is -1.34. The number of amides is 2. The number of anilines is 2. The number of nitrogens with zero attached hydrogens (tertiary/aromatic N) is 4. The van der Waals surface area contributed by atoms with Crippen LogP contribution in [0.4, 0.5) is 25.0 Å². The van der Waals surface area contributed by atoms with Crippen molar-refractivity contribution in [3.63, 3.8) is 0 Å². The fourth-order valence-electron chi connectivity index (χ4n) is 5.33. The molecule has 37 heavy (non-hydrogen) atoms. The first kappa shape index (κ1) is 23.7. The molecular formula is C26H24ClF2N5O3. The van der Waals surface area contributed by atoms with Crippen molar-refractivity contribution in [1.82, 2.24) is 14.7 Å². The molecule has 0 radical (unpaired) electrons. The number of hydrogen-bond acceptors (Lipinski definition) is 5. The summed E-state index contributed by atoms with van der Waals surface area (Å²) in [5, 5.41) is 6.76. The Hall–Kier alpha value is -3.66. The van der Waals surface area contributed by atoms with Crippen molar-refractivity contribution in [3.05, 3.63) is 76.1 Å². The molecule has 2 aromatic carbocycles. The summed E-state index contributed by atoms with van der Waals surface area (Å²) in [4.78, 5) is 29.2. The van der Waals surface area contributed by atoms with Crippen molar-refractivity contribution in [2.45, 2.75) is 31.4 Å². The second-order valence-electron chi connectivity index (χ2n) is 9.68. The van der Waals surface area contributed by atoms with Crippen molar-refractivity contribution in [2.75, 3.05) is 36.4 Å². The topological polar surface area (TPSA) is 79.7 Å². The van der Waals surface area contributed by atoms with Gasteiger partial charge in [-0.2, -0.15) is 5.10 Å². The number of likely N-dealkylation sites (tertiary alicyclic amines) is 1. The molecule has 1 aromatic heterocycles. The lowest BCUT2D eigenvalue weighted by Gasteiger charge is -2.45. The highest BCUT2D eigenvalue weighted by atomic mass is 35.5. The summed E-state index contributed by atoms with van der Waals surface area (Å²) < 4.78 is 36.6. The third-order valence-electron chi connectivity index (χ3n) is 7.25. The molecular weight excluding hydrogens is 504 g/mol. The SMILES string of the molecule is O=C1Nc2ccc(Cl)c(F)c2[C@@]2(CCCN(C(=O)c3cnn(Cc4ccc(F)c(N5CCC5)c4)c3)C2)O1. The van der Waals surface area contributed by atoms with Gasteiger partial charge in [-0.25, -0.2) is 13.6 Å². The molecule has 0 saturated carbocycles. The zero-order valence-electron chi connectivity index (χ0n) is 19.8. The summed E-state index contributed by atoms with van der Waals surface area (Å²) in [5.74, 6) is -1.22. The summed E-state index contributed by atoms with van der Waals surface area (Å²) in [7, 11) is 0. The van der Waals surface area contributed by atoms with Crippen LogP contribution >= 0.6 is 11.6 Å². The Morgan fingerprint density at radius 3 is 2.78 bits per heavy atom. The van der Waals surface area contributed by atoms with Crippen LogP contribution in [0.2, 0.25) is 5.02 Å². The number of rotatable bonds is 4. The van der Waals surface area contributed by atoms with E-state index in [1.54, 1.807) is 21.8 Å². The molecule has 0 unspecified atom stereocenters. The van der Waals surface area contributed by atoms with Crippen molar-refractivity contribution < 1.29 is 23.1 Å². The maximum atomic E-state index is 15.1. The van der Waals surface area contributed by atoms with E-state index >= 15 is 4.39 Å². The van der Waals surface area contributed by atoms with E-state index in [4.69, 9.17) is 16.3 Å². The Morgan fingerprint density at radius 2 is 2.00 bits per heavy atom. The van der Waals surface area contributed by atoms with Gasteiger partial charge in [-0.1, -0.05) is 17.7 Å². The smallest absolute Gasteiger partial charge is 0.412 e. The predicted molar refractivity (Wildman–Crippen MR) is 133 cm³/mol. The van der Waals surface area contributed by atoms with Crippen LogP contribution in [0.1, 0.15) is 40.7 Å². The number of nitrogens with one attached hydrogen (secondary N) is 1. The number of hydrogen-bond donors (Lipinski definition) is 1. The van der Waals surface area contributed by atoms with Crippen LogP contribution < -0.4 is 10.2 Å². The Labute approximate surface area is 216 Å². The molecule has 0 bridgehead atoms. The van der Waals surface area contributed by atoms with Gasteiger partial charge in [0, 0.05) is 25.8 Å². The number of piperidine rings is 1. The third-order valence-corrected chi connectivity index (χ3v) is 7.54. The van der Waals surface area contributed by atoms with E-state index in [-0.39, 0.29) is 34.5 Å². The van der Waals surface area contributed by atoms with Crippen molar-refractivity contribution in [3.8, 4) is 0 Å². The van der Waals surface area contributed by atoms with Gasteiger partial charge in [-0.3, -0.25) is 14.8 Å². The molecule has 192 valence electrons. The highest BCUT2D eigenvalue weighted by Crippen LogP contribution is 2.45. The lowest BCUT2D eigenvalue weighted by molar-refractivity contribution is -0.0418. The van der Waals surface area contributed by atoms with Crippen molar-refractivity contribution in [1.29, 1.82) is 0 Å². The molecule has 2 saturated heterocycles. The van der Waals surface area contributed by atoms with E-state index < -0.39 is 17.5 Å². The molecule has 0 aliphatic carbocycles. The van der Waals surface area contributed by atoms with Crippen LogP contribution in [0, 0.1) is 11.6 Å². The van der Waals surface area contributed by atoms with E-state index in [0.29, 0.717) is 37.2 Å². The van der Waals surface area contributed by atoms with E-state index in [0.717, 1.165) is 25.1 Å². The van der Waals surface area contributed by atoms with Gasteiger partial charge in [0.05, 0.1) is 46.8 Å². The highest BCUT2D eigenvalue weighted by Gasteiger charge is 2.48. The molecule has 3 aliphatic heterocycles. The molecule has 6 rings (SSSR count). The Balaban J connectivity index is 1.22. The molecule has 3 aromatic rings. The highest BCUT2D eigenvalue weighted by molar-refractivity contribution is 6.31. The van der Waals surface area contributed by atoms with E-state index in [1.165, 1.54) is 24.4 Å². The Morgan fingerprint density at radius 1 is 1.16 bits per heavy atom. The summed E-state index contributed by atoms with van der Waals surface area (Å²) in [5.41, 5.74) is 0.911. The number of aromatic nitrogens is 2. The van der Waals surface area contributed by atoms with Crippen LogP contribution in [0.15, 0.2) is 42.7 Å². The average molecular weight is 528 g/mol. The number of carbonyl (C=O) groups is 2. The van der Waals surface area contributed by atoms with Crippen LogP contribution in [0.25, 0.3) is 0 Å². The fourth-order valence-corrected chi connectivity index (χ4v) is 5.49. The first-order chi connectivity index (χ1) is 17.8. The molecule has 1 spiro atoms. The molecule has 1 atom stereocenters. The van der Waals surface area contributed by atoms with Gasteiger partial charge < -0.3 is 14.5 Å². The van der Waals surface area contributed by atoms with Gasteiger partial charge in [0.2, 0.25) is 0 Å². The number of carbonyl (C=O) groups excluding carboxylic acids is 2. The first-order valence-electron chi connectivity index (χ1n) is 12.2. The fraction of sp³-hybridized carbons (Fsp3) is 0.346. The third kappa shape index (κ3) is 4.19. The van der Waals surface area contributed by atoms with Crippen LogP contribution in [-0.2, 0) is 16.9 Å². The minimum Gasteiger partial charge on any atom is -0.436 e. The predicted octanol–water partition coefficient (Wildman–Crippen LogP) is 4.77. The minimum absolute atomic E-state index is 0.00808. The first-order valence-corrected chi connectivity index (χ1v) is 12.5. The van der Waals surface area contributed by atoms with Crippen LogP contribution in [0.5, 0.6) is 0 Å². The van der Waals surface area contributed by atoms with Gasteiger partial charge in [0.1, 0.15) is 5.82 Å². The van der Waals surface area contributed by atoms with Crippen molar-refractivity contribution >= 4 is 35.0 Å². The molecule has 1 N–H and O–H groups in total. The molecule has 8 nitrogen and oxygen atoms in total. The number of ether oxygens (including phenoxy) is 1. The Kier molecular flexibility index (Phi) is 5.78. The lowest BCUT2D eigenvalue weighted by atomic mass is 9.83. The maximum absolute atomic E-state index is 15.1. The second-order valence-corrected chi connectivity index (χ2v) is 10.1. The molecule has 11 heteroatoms. The summed E-state index contributed by atoms with van der Waals surface area (Å²) in [6.07, 6.45) is 4.32. The Bertz CT molecular complexity index is 1410. The van der Waals surface area contributed by atoms with Crippen LogP contribution in [0.3, 0.4) is 0 Å². The maximum Gasteiger partial charge on any atom is 0.412 e. The van der Waals surface area contributed by atoms with Gasteiger partial charge in [-0.05, 0) is 49.1 Å². The molecule has 2 fully saturated rings. The summed E-state index contributed by atoms with van der Waals surface area (Å²) in [6, 6.07) is 7.89. The van der Waals surface area contributed by atoms with E-state index in [2.05, 4.69) is 10.4 Å². The van der Waals surface area contributed by atoms with Crippen LogP contribution in [-0.4, -0.2) is 52.9 Å². The standard InChI is InChI=1S/C26H24ClF2N5O3/c27-18-4-6-20-22(23(18)29)26(37-25(36)31-20)7-1-8-33(15-26)24(35)17-12-30-34(14-17)13-16-3-5-19(28)21(11-16)32-9-2-10-32/h3-6,11-12,14H,1-2,7-10,13,15H2,(H,31,36)/t26-/m0/s1. The normalized spacial score (nSPS) is 20.8. The average Bonchev–Trinajstić information content (AvgIpc) is 3.30. The summed E-state index contributed by atoms with van der Waals surface area (Å²) in [6.45, 7) is 2.46. The number of halogens is 3. The number of benzene rings is 2. The molecule has 2 amide bonds. The van der Waals surface area contributed by atoms with Gasteiger partial charge in [0.25, 0.3) is 5.91 Å². The number of fused-ring (bicyclic) bond motifs is 2. The second kappa shape index (κ2) is 9.02.